The number of benzene rings is 2. The summed E-state index contributed by atoms with van der Waals surface area (Å²) in [6, 6.07) is 10.2. The summed E-state index contributed by atoms with van der Waals surface area (Å²) >= 11 is 6.53. The number of aromatic nitrogens is 5. The molecule has 0 aliphatic carbocycles. The van der Waals surface area contributed by atoms with Crippen LogP contribution in [0.15, 0.2) is 66.2 Å². The first-order valence-electron chi connectivity index (χ1n) is 15.8. The predicted molar refractivity (Wildman–Crippen MR) is 178 cm³/mol. The Hall–Kier alpha value is -4.86. The molecule has 51 heavy (non-hydrogen) atoms. The van der Waals surface area contributed by atoms with E-state index in [1.165, 1.54) is 28.3 Å². The number of nitrogens with two attached hydrogens (primary N) is 1. The Morgan fingerprint density at radius 2 is 1.75 bits per heavy atom. The number of aryl methyl sites for hydroxylation is 1. The molecule has 4 aromatic rings. The lowest BCUT2D eigenvalue weighted by molar-refractivity contribution is -0.181. The minimum atomic E-state index is -4.62. The first kappa shape index (κ1) is 37.4. The lowest BCUT2D eigenvalue weighted by atomic mass is 9.75. The van der Waals surface area contributed by atoms with E-state index in [1.54, 1.807) is 49.4 Å². The van der Waals surface area contributed by atoms with E-state index in [1.807, 2.05) is 20.8 Å². The van der Waals surface area contributed by atoms with Gasteiger partial charge in [0.25, 0.3) is 5.91 Å². The second-order valence-corrected chi connectivity index (χ2v) is 14.0. The van der Waals surface area contributed by atoms with Crippen molar-refractivity contribution in [1.29, 1.82) is 0 Å². The quantitative estimate of drug-likeness (QED) is 0.128. The van der Waals surface area contributed by atoms with Crippen LogP contribution in [-0.4, -0.2) is 60.1 Å². The van der Waals surface area contributed by atoms with E-state index in [2.05, 4.69) is 15.2 Å². The SMILES string of the molecule is Cc1ncnn1-c1cc([C@@H](COC(=O)C[C@H](C)C(F)(F)F)N2C(=O)[C@@](CC(C)(C)C)(c3ccc(-c4cnn(C(F)F)c4)cc3)N=C2N)ccc1Cl. The van der Waals surface area contributed by atoms with E-state index >= 15 is 0 Å². The minimum Gasteiger partial charge on any atom is -0.463 e. The van der Waals surface area contributed by atoms with E-state index in [4.69, 9.17) is 27.1 Å². The third-order valence-electron chi connectivity index (χ3n) is 8.46. The van der Waals surface area contributed by atoms with Crippen LogP contribution >= 0.6 is 11.6 Å². The Kier molecular flexibility index (Phi) is 10.3. The van der Waals surface area contributed by atoms with Gasteiger partial charge in [0, 0.05) is 11.8 Å². The number of guanidine groups is 1. The maximum absolute atomic E-state index is 14.8. The number of aliphatic imine (C=N–C) groups is 1. The molecule has 272 valence electrons. The van der Waals surface area contributed by atoms with Crippen LogP contribution in [-0.2, 0) is 19.9 Å². The third kappa shape index (κ3) is 7.90. The summed E-state index contributed by atoms with van der Waals surface area (Å²) in [4.78, 5) is 37.6. The van der Waals surface area contributed by atoms with Gasteiger partial charge in [-0.15, -0.1) is 0 Å². The van der Waals surface area contributed by atoms with Gasteiger partial charge in [-0.3, -0.25) is 14.5 Å². The van der Waals surface area contributed by atoms with Gasteiger partial charge in [-0.05, 0) is 47.6 Å². The van der Waals surface area contributed by atoms with Crippen molar-refractivity contribution in [1.82, 2.24) is 29.4 Å². The van der Waals surface area contributed by atoms with Crippen LogP contribution in [0.1, 0.15) is 70.1 Å². The molecule has 2 aromatic heterocycles. The summed E-state index contributed by atoms with van der Waals surface area (Å²) in [6.45, 7) is 4.92. The van der Waals surface area contributed by atoms with Gasteiger partial charge in [-0.2, -0.15) is 32.1 Å². The highest BCUT2D eigenvalue weighted by Gasteiger charge is 2.53. The fourth-order valence-electron chi connectivity index (χ4n) is 5.96. The van der Waals surface area contributed by atoms with Crippen molar-refractivity contribution in [2.45, 2.75) is 71.8 Å². The summed E-state index contributed by atoms with van der Waals surface area (Å²) in [5.74, 6) is -3.39. The maximum atomic E-state index is 14.8. The van der Waals surface area contributed by atoms with Crippen LogP contribution in [0.25, 0.3) is 16.8 Å². The fraction of sp³-hybridized carbons (Fsp3) is 0.412. The molecular formula is C34H36ClF5N8O3. The molecule has 2 aromatic carbocycles. The minimum absolute atomic E-state index is 0.165. The van der Waals surface area contributed by atoms with Crippen LogP contribution in [0, 0.1) is 18.3 Å². The highest BCUT2D eigenvalue weighted by molar-refractivity contribution is 6.32. The average molecular weight is 735 g/mol. The van der Waals surface area contributed by atoms with Crippen molar-refractivity contribution in [3.05, 3.63) is 83.2 Å². The largest absolute Gasteiger partial charge is 0.463 e. The number of hydrogen-bond donors (Lipinski definition) is 1. The van der Waals surface area contributed by atoms with E-state index in [-0.39, 0.29) is 17.4 Å². The first-order chi connectivity index (χ1) is 23.8. The highest BCUT2D eigenvalue weighted by atomic mass is 35.5. The molecule has 0 saturated heterocycles. The second-order valence-electron chi connectivity index (χ2n) is 13.6. The topological polar surface area (TPSA) is 134 Å². The molecule has 11 nitrogen and oxygen atoms in total. The normalized spacial score (nSPS) is 17.9. The number of amides is 1. The average Bonchev–Trinajstić information content (AvgIpc) is 3.76. The molecule has 0 bridgehead atoms. The number of alkyl halides is 5. The molecule has 5 rings (SSSR count). The number of halogens is 6. The number of nitrogens with zero attached hydrogens (tertiary/aromatic N) is 7. The van der Waals surface area contributed by atoms with Crippen molar-refractivity contribution in [3.63, 3.8) is 0 Å². The van der Waals surface area contributed by atoms with Gasteiger partial charge < -0.3 is 10.5 Å². The van der Waals surface area contributed by atoms with Gasteiger partial charge in [-0.25, -0.2) is 19.3 Å². The lowest BCUT2D eigenvalue weighted by Crippen LogP contribution is -2.47. The molecule has 1 amide bonds. The van der Waals surface area contributed by atoms with E-state index in [0.717, 1.165) is 6.92 Å². The molecule has 1 aliphatic heterocycles. The van der Waals surface area contributed by atoms with Crippen LogP contribution in [0.5, 0.6) is 0 Å². The molecule has 0 fully saturated rings. The zero-order valence-corrected chi connectivity index (χ0v) is 29.1. The highest BCUT2D eigenvalue weighted by Crippen LogP contribution is 2.45. The van der Waals surface area contributed by atoms with Gasteiger partial charge in [0.1, 0.15) is 18.8 Å². The zero-order chi connectivity index (χ0) is 37.5. The van der Waals surface area contributed by atoms with Crippen LogP contribution in [0.2, 0.25) is 5.02 Å². The summed E-state index contributed by atoms with van der Waals surface area (Å²) in [5.41, 5.74) is 6.65. The standard InChI is InChI=1S/C34H36ClF5N8O3/c1-19(34(38,39)40)12-28(49)51-16-27(22-8-11-25(35)26(13-22)48-20(2)42-18-44-48)47-29(50)33(45-31(47)41,17-32(3,4)5)24-9-6-21(7-10-24)23-14-43-46(15-23)30(36)37/h6-11,13-15,18-19,27,30H,12,16-17H2,1-5H3,(H2,41,45)/t19-,27+,33+/m0/s1. The molecule has 17 heteroatoms. The van der Waals surface area contributed by atoms with Gasteiger partial charge in [0.15, 0.2) is 11.5 Å². The molecule has 2 N–H and O–H groups in total. The molecule has 0 saturated carbocycles. The fourth-order valence-corrected chi connectivity index (χ4v) is 6.16. The molecule has 0 radical (unpaired) electrons. The Bertz CT molecular complexity index is 1940. The van der Waals surface area contributed by atoms with Crippen LogP contribution in [0.4, 0.5) is 22.0 Å². The molecule has 0 spiro atoms. The lowest BCUT2D eigenvalue weighted by Gasteiger charge is -2.35. The van der Waals surface area contributed by atoms with Gasteiger partial charge >= 0.3 is 18.7 Å². The summed E-state index contributed by atoms with van der Waals surface area (Å²) < 4.78 is 73.5. The van der Waals surface area contributed by atoms with Gasteiger partial charge in [0.05, 0.1) is 35.3 Å². The number of esters is 1. The Balaban J connectivity index is 1.56. The monoisotopic (exact) mass is 734 g/mol. The Morgan fingerprint density at radius 3 is 2.31 bits per heavy atom. The van der Waals surface area contributed by atoms with Gasteiger partial charge in [0.2, 0.25) is 0 Å². The smallest absolute Gasteiger partial charge is 0.392 e. The molecule has 3 atom stereocenters. The molecular weight excluding hydrogens is 699 g/mol. The van der Waals surface area contributed by atoms with E-state index in [9.17, 15) is 31.5 Å². The molecule has 1 aliphatic rings. The van der Waals surface area contributed by atoms with Crippen molar-refractivity contribution >= 4 is 29.4 Å². The van der Waals surface area contributed by atoms with Crippen molar-refractivity contribution in [2.75, 3.05) is 6.61 Å². The molecule has 0 unspecified atom stereocenters. The second kappa shape index (κ2) is 14.0. The third-order valence-corrected chi connectivity index (χ3v) is 8.77. The number of ether oxygens (including phenoxy) is 1. The van der Waals surface area contributed by atoms with Crippen molar-refractivity contribution < 1.29 is 36.3 Å². The molecule has 3 heterocycles. The van der Waals surface area contributed by atoms with Crippen LogP contribution < -0.4 is 5.73 Å². The summed E-state index contributed by atoms with van der Waals surface area (Å²) in [7, 11) is 0. The number of hydrogen-bond acceptors (Lipinski definition) is 8. The first-order valence-corrected chi connectivity index (χ1v) is 16.2. The van der Waals surface area contributed by atoms with Gasteiger partial charge in [-0.1, -0.05) is 69.6 Å². The van der Waals surface area contributed by atoms with E-state index in [0.29, 0.717) is 38.4 Å². The Morgan fingerprint density at radius 1 is 1.06 bits per heavy atom. The maximum Gasteiger partial charge on any atom is 0.392 e. The van der Waals surface area contributed by atoms with E-state index < -0.39 is 60.5 Å². The number of rotatable bonds is 11. The zero-order valence-electron chi connectivity index (χ0n) is 28.3. The van der Waals surface area contributed by atoms with Crippen molar-refractivity contribution in [2.24, 2.45) is 22.1 Å². The van der Waals surface area contributed by atoms with Crippen molar-refractivity contribution in [3.8, 4) is 16.8 Å². The number of carbonyl (C=O) groups excluding carboxylic acids is 2. The number of carbonyl (C=O) groups is 2. The van der Waals surface area contributed by atoms with Crippen LogP contribution in [0.3, 0.4) is 0 Å². The summed E-state index contributed by atoms with van der Waals surface area (Å²) in [5, 5.41) is 8.16. The summed E-state index contributed by atoms with van der Waals surface area (Å²) in [6.07, 6.45) is -1.57. The Labute approximate surface area is 295 Å². The predicted octanol–water partition coefficient (Wildman–Crippen LogP) is 7.15.